The number of amides is 1. The van der Waals surface area contributed by atoms with E-state index >= 15 is 0 Å². The number of hydrogen-bond donors (Lipinski definition) is 0. The van der Waals surface area contributed by atoms with Gasteiger partial charge in [-0.05, 0) is 29.6 Å². The molecule has 0 saturated carbocycles. The first-order chi connectivity index (χ1) is 10.1. The Morgan fingerprint density at radius 3 is 2.86 bits per heavy atom. The number of nitrogens with zero attached hydrogens (tertiary/aromatic N) is 1. The lowest BCUT2D eigenvalue weighted by molar-refractivity contribution is 0.0682. The molecule has 2 aromatic rings. The van der Waals surface area contributed by atoms with Gasteiger partial charge in [-0.25, -0.2) is 0 Å². The minimum Gasteiger partial charge on any atom is -0.383 e. The first-order valence-electron chi connectivity index (χ1n) is 6.37. The van der Waals surface area contributed by atoms with Crippen LogP contribution in [0.25, 0.3) is 0 Å². The fourth-order valence-electron chi connectivity index (χ4n) is 1.90. The summed E-state index contributed by atoms with van der Waals surface area (Å²) in [6, 6.07) is 9.23. The largest absolute Gasteiger partial charge is 0.383 e. The van der Waals surface area contributed by atoms with Crippen LogP contribution in [0.1, 0.15) is 15.2 Å². The summed E-state index contributed by atoms with van der Waals surface area (Å²) in [5.74, 6) is -0.0522. The van der Waals surface area contributed by atoms with E-state index < -0.39 is 0 Å². The molecular weight excluding hydrogens is 374 g/mol. The monoisotopic (exact) mass is 387 g/mol. The number of benzene rings is 1. The first kappa shape index (κ1) is 16.5. The van der Waals surface area contributed by atoms with E-state index in [-0.39, 0.29) is 5.91 Å². The molecule has 0 N–H and O–H groups in total. The fourth-order valence-corrected chi connectivity index (χ4v) is 3.48. The van der Waals surface area contributed by atoms with Gasteiger partial charge in [0, 0.05) is 33.6 Å². The van der Waals surface area contributed by atoms with Gasteiger partial charge in [-0.2, -0.15) is 0 Å². The van der Waals surface area contributed by atoms with Crippen LogP contribution in [0.2, 0.25) is 5.02 Å². The molecule has 112 valence electrons. The second kappa shape index (κ2) is 7.94. The molecule has 2 rings (SSSR count). The Labute approximate surface area is 141 Å². The van der Waals surface area contributed by atoms with E-state index in [0.29, 0.717) is 30.3 Å². The molecule has 0 radical (unpaired) electrons. The van der Waals surface area contributed by atoms with Gasteiger partial charge >= 0.3 is 0 Å². The van der Waals surface area contributed by atoms with E-state index in [1.165, 1.54) is 0 Å². The summed E-state index contributed by atoms with van der Waals surface area (Å²) in [5, 5.41) is 2.54. The van der Waals surface area contributed by atoms with Gasteiger partial charge in [0.05, 0.1) is 13.2 Å². The van der Waals surface area contributed by atoms with Crippen LogP contribution in [0.4, 0.5) is 0 Å². The quantitative estimate of drug-likeness (QED) is 0.731. The average molecular weight is 389 g/mol. The van der Waals surface area contributed by atoms with Crippen molar-refractivity contribution in [1.82, 2.24) is 4.90 Å². The molecule has 0 aliphatic rings. The maximum absolute atomic E-state index is 12.7. The van der Waals surface area contributed by atoms with E-state index in [2.05, 4.69) is 15.9 Å². The van der Waals surface area contributed by atoms with Crippen molar-refractivity contribution in [3.05, 3.63) is 55.6 Å². The number of carbonyl (C=O) groups is 1. The maximum Gasteiger partial charge on any atom is 0.254 e. The van der Waals surface area contributed by atoms with E-state index in [9.17, 15) is 4.79 Å². The van der Waals surface area contributed by atoms with Gasteiger partial charge in [0.1, 0.15) is 0 Å². The van der Waals surface area contributed by atoms with E-state index in [1.807, 2.05) is 17.5 Å². The number of methoxy groups -OCH3 is 1. The van der Waals surface area contributed by atoms with Gasteiger partial charge in [0.15, 0.2) is 0 Å². The van der Waals surface area contributed by atoms with Gasteiger partial charge in [0.25, 0.3) is 5.91 Å². The van der Waals surface area contributed by atoms with E-state index in [4.69, 9.17) is 16.3 Å². The van der Waals surface area contributed by atoms with Gasteiger partial charge in [-0.15, -0.1) is 11.3 Å². The molecule has 0 aliphatic carbocycles. The van der Waals surface area contributed by atoms with Gasteiger partial charge in [-0.3, -0.25) is 4.79 Å². The van der Waals surface area contributed by atoms with E-state index in [0.717, 1.165) is 9.35 Å². The number of ether oxygens (including phenoxy) is 1. The zero-order valence-electron chi connectivity index (χ0n) is 11.5. The summed E-state index contributed by atoms with van der Waals surface area (Å²) in [5.41, 5.74) is 0.571. The molecule has 0 bridgehead atoms. The molecular formula is C15H15BrClNO2S. The third-order valence-corrected chi connectivity index (χ3v) is 4.43. The van der Waals surface area contributed by atoms with Crippen LogP contribution in [0.3, 0.4) is 0 Å². The van der Waals surface area contributed by atoms with Crippen molar-refractivity contribution in [3.63, 3.8) is 0 Å². The summed E-state index contributed by atoms with van der Waals surface area (Å²) < 4.78 is 5.89. The van der Waals surface area contributed by atoms with Gasteiger partial charge in [-0.1, -0.05) is 33.6 Å². The van der Waals surface area contributed by atoms with Crippen LogP contribution in [0.5, 0.6) is 0 Å². The van der Waals surface area contributed by atoms with Crippen LogP contribution in [-0.2, 0) is 11.3 Å². The molecule has 0 fully saturated rings. The number of hydrogen-bond acceptors (Lipinski definition) is 3. The van der Waals surface area contributed by atoms with Crippen LogP contribution in [0, 0.1) is 0 Å². The summed E-state index contributed by atoms with van der Waals surface area (Å²) in [4.78, 5) is 15.6. The number of carbonyl (C=O) groups excluding carboxylic acids is 1. The van der Waals surface area contributed by atoms with Crippen molar-refractivity contribution in [2.45, 2.75) is 6.54 Å². The third-order valence-electron chi connectivity index (χ3n) is 2.89. The second-order valence-electron chi connectivity index (χ2n) is 4.46. The Morgan fingerprint density at radius 1 is 1.43 bits per heavy atom. The standard InChI is InChI=1S/C15H15BrClNO2S/c1-20-5-4-18(10-14-3-2-6-21-14)15(19)11-7-12(16)9-13(17)8-11/h2-3,6-9H,4-5,10H2,1H3. The van der Waals surface area contributed by atoms with Gasteiger partial charge < -0.3 is 9.64 Å². The lowest BCUT2D eigenvalue weighted by Gasteiger charge is -2.22. The Balaban J connectivity index is 2.20. The highest BCUT2D eigenvalue weighted by Gasteiger charge is 2.17. The molecule has 1 aromatic heterocycles. The highest BCUT2D eigenvalue weighted by Crippen LogP contribution is 2.22. The highest BCUT2D eigenvalue weighted by molar-refractivity contribution is 9.10. The number of rotatable bonds is 6. The molecule has 0 unspecified atom stereocenters. The zero-order valence-corrected chi connectivity index (χ0v) is 14.7. The summed E-state index contributed by atoms with van der Waals surface area (Å²) in [6.07, 6.45) is 0. The lowest BCUT2D eigenvalue weighted by atomic mass is 10.2. The second-order valence-corrected chi connectivity index (χ2v) is 6.84. The van der Waals surface area contributed by atoms with Crippen molar-refractivity contribution in [1.29, 1.82) is 0 Å². The van der Waals surface area contributed by atoms with Gasteiger partial charge in [0.2, 0.25) is 0 Å². The first-order valence-corrected chi connectivity index (χ1v) is 8.42. The minimum absolute atomic E-state index is 0.0522. The Bertz CT molecular complexity index is 583. The van der Waals surface area contributed by atoms with Crippen molar-refractivity contribution in [3.8, 4) is 0 Å². The predicted molar refractivity (Wildman–Crippen MR) is 90.1 cm³/mol. The molecule has 0 spiro atoms. The number of thiophene rings is 1. The Kier molecular flexibility index (Phi) is 6.23. The Morgan fingerprint density at radius 2 is 2.24 bits per heavy atom. The average Bonchev–Trinajstić information content (AvgIpc) is 2.94. The molecule has 0 aliphatic heterocycles. The van der Waals surface area contributed by atoms with Crippen LogP contribution in [-0.4, -0.2) is 31.1 Å². The summed E-state index contributed by atoms with van der Waals surface area (Å²) >= 11 is 11.0. The Hall–Kier alpha value is -0.880. The van der Waals surface area contributed by atoms with Crippen molar-refractivity contribution in [2.75, 3.05) is 20.3 Å². The van der Waals surface area contributed by atoms with Crippen LogP contribution < -0.4 is 0 Å². The van der Waals surface area contributed by atoms with Crippen molar-refractivity contribution in [2.24, 2.45) is 0 Å². The molecule has 1 amide bonds. The topological polar surface area (TPSA) is 29.5 Å². The summed E-state index contributed by atoms with van der Waals surface area (Å²) in [7, 11) is 1.63. The van der Waals surface area contributed by atoms with Crippen molar-refractivity contribution < 1.29 is 9.53 Å². The lowest BCUT2D eigenvalue weighted by Crippen LogP contribution is -2.33. The third kappa shape index (κ3) is 4.81. The van der Waals surface area contributed by atoms with Crippen LogP contribution >= 0.6 is 38.9 Å². The fraction of sp³-hybridized carbons (Fsp3) is 0.267. The molecule has 1 aromatic carbocycles. The summed E-state index contributed by atoms with van der Waals surface area (Å²) in [6.45, 7) is 1.61. The minimum atomic E-state index is -0.0522. The highest BCUT2D eigenvalue weighted by atomic mass is 79.9. The molecule has 6 heteroatoms. The molecule has 21 heavy (non-hydrogen) atoms. The smallest absolute Gasteiger partial charge is 0.254 e. The number of halogens is 2. The zero-order chi connectivity index (χ0) is 15.2. The predicted octanol–water partition coefficient (Wildman–Crippen LogP) is 4.45. The maximum atomic E-state index is 12.7. The molecule has 0 atom stereocenters. The van der Waals surface area contributed by atoms with Crippen LogP contribution in [0.15, 0.2) is 40.2 Å². The SMILES string of the molecule is COCCN(Cc1cccs1)C(=O)c1cc(Cl)cc(Br)c1. The molecule has 1 heterocycles. The normalized spacial score (nSPS) is 10.6. The molecule has 0 saturated heterocycles. The molecule has 3 nitrogen and oxygen atoms in total. The van der Waals surface area contributed by atoms with Crippen molar-refractivity contribution >= 4 is 44.8 Å². The van der Waals surface area contributed by atoms with E-state index in [1.54, 1.807) is 41.5 Å².